The van der Waals surface area contributed by atoms with E-state index in [0.717, 1.165) is 5.57 Å². The second kappa shape index (κ2) is 20.4. The maximum atomic E-state index is 15.3. The van der Waals surface area contributed by atoms with Gasteiger partial charge in [-0.25, -0.2) is 4.79 Å². The van der Waals surface area contributed by atoms with Gasteiger partial charge in [-0.15, -0.1) is 0 Å². The van der Waals surface area contributed by atoms with Gasteiger partial charge in [0.2, 0.25) is 6.29 Å². The van der Waals surface area contributed by atoms with E-state index in [1.54, 1.807) is 0 Å². The molecule has 432 valence electrons. The molecule has 4 heterocycles. The molecule has 0 aromatic carbocycles. The van der Waals surface area contributed by atoms with Crippen molar-refractivity contribution in [1.29, 1.82) is 0 Å². The molecule has 24 heteroatoms. The molecule has 2 unspecified atom stereocenters. The summed E-state index contributed by atoms with van der Waals surface area (Å²) >= 11 is 0. The van der Waals surface area contributed by atoms with Gasteiger partial charge in [-0.05, 0) is 111 Å². The Balaban J connectivity index is 0.957. The van der Waals surface area contributed by atoms with Crippen LogP contribution in [-0.4, -0.2) is 220 Å². The van der Waals surface area contributed by atoms with Gasteiger partial charge in [-0.2, -0.15) is 0 Å². The summed E-state index contributed by atoms with van der Waals surface area (Å²) in [5.41, 5.74) is -4.00. The lowest BCUT2D eigenvalue weighted by Gasteiger charge is -2.71. The molecule has 4 saturated carbocycles. The van der Waals surface area contributed by atoms with E-state index in [1.807, 2.05) is 6.92 Å². The number of carbonyl (C=O) groups excluding carboxylic acids is 1. The van der Waals surface area contributed by atoms with E-state index in [9.17, 15) is 76.0 Å². The van der Waals surface area contributed by atoms with Crippen LogP contribution in [-0.2, 0) is 52.3 Å². The Morgan fingerprint density at radius 3 is 1.84 bits per heavy atom. The topological polar surface area (TPSA) is 388 Å². The Hall–Kier alpha value is -2.57. The third kappa shape index (κ3) is 9.09. The number of aliphatic hydroxyl groups is 11. The molecule has 0 aromatic heterocycles. The lowest BCUT2D eigenvalue weighted by Crippen LogP contribution is -2.70. The van der Waals surface area contributed by atoms with Crippen LogP contribution in [0.3, 0.4) is 0 Å². The molecule has 4 saturated heterocycles. The molecule has 9 aliphatic rings. The normalized spacial score (nSPS) is 54.1. The molecular weight excluding hydrogens is 1010 g/mol. The Morgan fingerprint density at radius 1 is 0.592 bits per heavy atom. The van der Waals surface area contributed by atoms with Crippen molar-refractivity contribution >= 4 is 17.9 Å². The zero-order chi connectivity index (χ0) is 55.7. The molecule has 24 nitrogen and oxygen atoms in total. The van der Waals surface area contributed by atoms with Crippen LogP contribution in [0.1, 0.15) is 106 Å². The van der Waals surface area contributed by atoms with Crippen molar-refractivity contribution < 1.29 is 119 Å². The second-order valence-electron chi connectivity index (χ2n) is 25.3. The number of allylic oxidation sites excluding steroid dienone is 2. The van der Waals surface area contributed by atoms with Gasteiger partial charge in [0.1, 0.15) is 73.2 Å². The molecule has 9 rings (SSSR count). The maximum Gasteiger partial charge on any atom is 0.335 e. The molecule has 5 aliphatic carbocycles. The zero-order valence-electron chi connectivity index (χ0n) is 43.9. The van der Waals surface area contributed by atoms with Gasteiger partial charge in [0.05, 0.1) is 36.3 Å². The van der Waals surface area contributed by atoms with E-state index in [-0.39, 0.29) is 30.3 Å². The predicted octanol–water partition coefficient (Wildman–Crippen LogP) is -1.60. The molecule has 8 fully saturated rings. The van der Waals surface area contributed by atoms with Crippen LogP contribution in [0.15, 0.2) is 11.6 Å². The average Bonchev–Trinajstić information content (AvgIpc) is 3.34. The van der Waals surface area contributed by atoms with Crippen LogP contribution in [0.2, 0.25) is 0 Å². The van der Waals surface area contributed by atoms with E-state index in [4.69, 9.17) is 37.9 Å². The minimum atomic E-state index is -2.01. The van der Waals surface area contributed by atoms with Crippen molar-refractivity contribution in [2.75, 3.05) is 13.2 Å². The van der Waals surface area contributed by atoms with Crippen molar-refractivity contribution in [2.45, 2.75) is 229 Å². The highest BCUT2D eigenvalue weighted by Crippen LogP contribution is 2.76. The Bertz CT molecular complexity index is 2220. The number of ether oxygens (including phenoxy) is 8. The smallest absolute Gasteiger partial charge is 0.335 e. The number of hydrogen-bond donors (Lipinski definition) is 13. The third-order valence-electron chi connectivity index (χ3n) is 20.6. The number of aliphatic carboxylic acids is 2. The molecular formula is C52H80O24. The van der Waals surface area contributed by atoms with Crippen LogP contribution in [0.25, 0.3) is 0 Å². The number of rotatable bonds is 10. The lowest BCUT2D eigenvalue weighted by molar-refractivity contribution is -0.368. The number of esters is 1. The first-order valence-corrected chi connectivity index (χ1v) is 26.8. The molecule has 13 N–H and O–H groups in total. The standard InChI is InChI=1S/C52H80O24/c1-20-36(72-41-33(61)28(56)24(54)18-69-41)32(60)35(63)42(71-20)74-38-29(57)25(55)19-70-44(38)76-46(68)52-14-12-47(2,3)16-22(52)21-8-9-26-48(4)17-23(53)39(75-43-34(62)30(58)31(59)37(73-43)40(64)65)51(7,45(66)67)27(48)10-11-50(26,6)49(21,5)13-15-52/h8,20,22-39,41-44,53-63H,9-19H2,1-7H3,(H,64,65)(H,66,67)/t20-,22-,23-,24+,25-,26?,27?,28-,29-,30-,31-,32-,33+,34+,35+,36-,37-,38+,39-,41-,42-,43-,44-,48+,49+,50+,51+,52-/m0/s1. The van der Waals surface area contributed by atoms with Gasteiger partial charge >= 0.3 is 17.9 Å². The number of carboxylic acid groups (broad SMARTS) is 2. The zero-order valence-corrected chi connectivity index (χ0v) is 43.9. The van der Waals surface area contributed by atoms with Gasteiger partial charge in [0.15, 0.2) is 31.1 Å². The molecule has 0 spiro atoms. The lowest BCUT2D eigenvalue weighted by atomic mass is 9.33. The van der Waals surface area contributed by atoms with Gasteiger partial charge in [0, 0.05) is 0 Å². The summed E-state index contributed by atoms with van der Waals surface area (Å²) in [4.78, 5) is 40.9. The van der Waals surface area contributed by atoms with Gasteiger partial charge in [-0.1, -0.05) is 46.3 Å². The average molecular weight is 1090 g/mol. The summed E-state index contributed by atoms with van der Waals surface area (Å²) in [7, 11) is 0. The summed E-state index contributed by atoms with van der Waals surface area (Å²) in [5, 5.41) is 140. The van der Waals surface area contributed by atoms with Crippen LogP contribution < -0.4 is 0 Å². The second-order valence-corrected chi connectivity index (χ2v) is 25.3. The number of hydrogen-bond acceptors (Lipinski definition) is 22. The van der Waals surface area contributed by atoms with Crippen molar-refractivity contribution in [3.8, 4) is 0 Å². The first-order valence-electron chi connectivity index (χ1n) is 26.8. The number of fused-ring (bicyclic) bond motifs is 7. The highest BCUT2D eigenvalue weighted by molar-refractivity contribution is 5.79. The number of carbonyl (C=O) groups is 3. The molecule has 28 atom stereocenters. The summed E-state index contributed by atoms with van der Waals surface area (Å²) in [6.45, 7) is 12.8. The summed E-state index contributed by atoms with van der Waals surface area (Å²) in [6.07, 6.45) is -27.3. The Kier molecular flexibility index (Phi) is 15.6. The van der Waals surface area contributed by atoms with Crippen molar-refractivity contribution in [3.63, 3.8) is 0 Å². The molecule has 0 radical (unpaired) electrons. The van der Waals surface area contributed by atoms with E-state index >= 15 is 4.79 Å². The van der Waals surface area contributed by atoms with Crippen LogP contribution >= 0.6 is 0 Å². The molecule has 0 aromatic rings. The summed E-state index contributed by atoms with van der Waals surface area (Å²) in [6, 6.07) is 0. The molecule has 76 heavy (non-hydrogen) atoms. The fourth-order valence-corrected chi connectivity index (χ4v) is 16.0. The highest BCUT2D eigenvalue weighted by Gasteiger charge is 2.73. The fraction of sp³-hybridized carbons (Fsp3) is 0.904. The van der Waals surface area contributed by atoms with Gasteiger partial charge in [-0.3, -0.25) is 9.59 Å². The highest BCUT2D eigenvalue weighted by atomic mass is 16.8. The Labute approximate surface area is 439 Å². The summed E-state index contributed by atoms with van der Waals surface area (Å²) < 4.78 is 46.7. The monoisotopic (exact) mass is 1090 g/mol. The summed E-state index contributed by atoms with van der Waals surface area (Å²) in [5.74, 6) is -4.75. The predicted molar refractivity (Wildman–Crippen MR) is 253 cm³/mol. The third-order valence-corrected chi connectivity index (χ3v) is 20.6. The number of carboxylic acids is 2. The SMILES string of the molecule is C[C@@H]1O[C@@H](O[C@H]2[C@H](OC(=O)[C@]34CCC(C)(C)C[C@H]3C3=CCC5[C@@]6(C)C[C@H](O)[C@H](O[C@@H]7O[C@H](C(=O)O)[C@@H](O)[C@H](O)[C@H]7O)[C@](C)(C(=O)O)C6CC[C@@]5(C)[C@]3(C)CC4)OC[C@H](O)[C@@H]2O)[C@H](O)[C@H](O)[C@H]1O[C@@H]1OC[C@@H](O)[C@H](O)[C@H]1O. The number of aliphatic hydroxyl groups excluding tert-OH is 11. The minimum absolute atomic E-state index is 0.0600. The van der Waals surface area contributed by atoms with E-state index in [2.05, 4.69) is 33.8 Å². The minimum Gasteiger partial charge on any atom is -0.481 e. The fourth-order valence-electron chi connectivity index (χ4n) is 16.0. The maximum absolute atomic E-state index is 15.3. The first kappa shape index (κ1) is 58.1. The van der Waals surface area contributed by atoms with Crippen LogP contribution in [0, 0.1) is 50.2 Å². The van der Waals surface area contributed by atoms with Gasteiger partial charge < -0.3 is 104 Å². The van der Waals surface area contributed by atoms with E-state index in [1.165, 1.54) is 13.8 Å². The van der Waals surface area contributed by atoms with Crippen LogP contribution in [0.4, 0.5) is 0 Å². The molecule has 0 amide bonds. The van der Waals surface area contributed by atoms with Gasteiger partial charge in [0.25, 0.3) is 0 Å². The first-order chi connectivity index (χ1) is 35.4. The quantitative estimate of drug-likeness (QED) is 0.0665. The Morgan fingerprint density at radius 2 is 1.18 bits per heavy atom. The van der Waals surface area contributed by atoms with Crippen molar-refractivity contribution in [1.82, 2.24) is 0 Å². The largest absolute Gasteiger partial charge is 0.481 e. The van der Waals surface area contributed by atoms with Crippen LogP contribution in [0.5, 0.6) is 0 Å². The van der Waals surface area contributed by atoms with Crippen molar-refractivity contribution in [3.05, 3.63) is 11.6 Å². The van der Waals surface area contributed by atoms with E-state index in [0.29, 0.717) is 51.4 Å². The van der Waals surface area contributed by atoms with E-state index < -0.39 is 180 Å². The molecule has 0 bridgehead atoms. The molecule has 4 aliphatic heterocycles. The van der Waals surface area contributed by atoms with Crippen molar-refractivity contribution in [2.24, 2.45) is 50.2 Å².